The zero-order chi connectivity index (χ0) is 19.3. The summed E-state index contributed by atoms with van der Waals surface area (Å²) in [5.74, 6) is 1.36. The van der Waals surface area contributed by atoms with E-state index in [1.807, 2.05) is 18.2 Å². The number of nitrogens with one attached hydrogen (secondary N) is 1. The van der Waals surface area contributed by atoms with Crippen molar-refractivity contribution in [3.05, 3.63) is 23.8 Å². The van der Waals surface area contributed by atoms with Crippen molar-refractivity contribution in [2.24, 2.45) is 0 Å². The van der Waals surface area contributed by atoms with Crippen LogP contribution >= 0.6 is 0 Å². The number of nitrogens with zero attached hydrogens (tertiary/aromatic N) is 2. The summed E-state index contributed by atoms with van der Waals surface area (Å²) in [7, 11) is 3.26. The van der Waals surface area contributed by atoms with E-state index in [2.05, 4.69) is 16.3 Å². The number of hydrogen-bond acceptors (Lipinski definition) is 5. The van der Waals surface area contributed by atoms with Crippen LogP contribution in [0.1, 0.15) is 56.6 Å². The van der Waals surface area contributed by atoms with Crippen LogP contribution in [-0.4, -0.2) is 43.7 Å². The maximum atomic E-state index is 12.7. The summed E-state index contributed by atoms with van der Waals surface area (Å²) in [5.41, 5.74) is 0.457. The Hall–Kier alpha value is -2.26. The first-order valence-corrected chi connectivity index (χ1v) is 9.79. The van der Waals surface area contributed by atoms with Crippen LogP contribution in [0.25, 0.3) is 0 Å². The average molecular weight is 371 g/mol. The van der Waals surface area contributed by atoms with Gasteiger partial charge in [-0.25, -0.2) is 0 Å². The topological polar surface area (TPSA) is 74.6 Å². The molecular weight excluding hydrogens is 342 g/mol. The predicted molar refractivity (Wildman–Crippen MR) is 103 cm³/mol. The van der Waals surface area contributed by atoms with E-state index >= 15 is 0 Å². The molecular formula is C21H29N3O3. The van der Waals surface area contributed by atoms with Crippen LogP contribution in [0, 0.1) is 11.3 Å². The fraction of sp³-hybridized carbons (Fsp3) is 0.619. The number of ether oxygens (including phenoxy) is 2. The van der Waals surface area contributed by atoms with Crippen LogP contribution in [0.4, 0.5) is 0 Å². The Morgan fingerprint density at radius 3 is 2.63 bits per heavy atom. The molecule has 1 aromatic carbocycles. The van der Waals surface area contributed by atoms with Gasteiger partial charge in [0.1, 0.15) is 5.54 Å². The number of methoxy groups -OCH3 is 2. The third-order valence-corrected chi connectivity index (χ3v) is 5.80. The smallest absolute Gasteiger partial charge is 0.235 e. The van der Waals surface area contributed by atoms with E-state index in [1.54, 1.807) is 14.2 Å². The standard InChI is InChI=1S/C21H29N3O3/c1-26-18-9-8-16(13-19(18)27-2)17-7-6-12-24(17)14-20(25)23-21(15-22)10-4-3-5-11-21/h8-9,13,17H,3-7,10-12,14H2,1-2H3,(H,23,25)/t17-/m1/s1. The average Bonchev–Trinajstić information content (AvgIpc) is 3.15. The SMILES string of the molecule is COc1ccc([C@H]2CCCN2CC(=O)NC2(C#N)CCCCC2)cc1OC. The van der Waals surface area contributed by atoms with E-state index in [4.69, 9.17) is 9.47 Å². The fourth-order valence-electron chi connectivity index (χ4n) is 4.36. The quantitative estimate of drug-likeness (QED) is 0.831. The summed E-state index contributed by atoms with van der Waals surface area (Å²) < 4.78 is 10.7. The lowest BCUT2D eigenvalue weighted by Gasteiger charge is -2.33. The molecule has 1 N–H and O–H groups in total. The molecule has 1 aliphatic heterocycles. The van der Waals surface area contributed by atoms with Crippen molar-refractivity contribution < 1.29 is 14.3 Å². The summed E-state index contributed by atoms with van der Waals surface area (Å²) in [5, 5.41) is 12.6. The maximum absolute atomic E-state index is 12.7. The molecule has 2 fully saturated rings. The number of amides is 1. The minimum atomic E-state index is -0.673. The molecule has 1 amide bonds. The van der Waals surface area contributed by atoms with Crippen molar-refractivity contribution in [2.75, 3.05) is 27.3 Å². The van der Waals surface area contributed by atoms with Gasteiger partial charge in [-0.15, -0.1) is 0 Å². The Bertz CT molecular complexity index is 707. The molecule has 3 rings (SSSR count). The molecule has 1 saturated carbocycles. The summed E-state index contributed by atoms with van der Waals surface area (Å²) in [6, 6.07) is 8.50. The maximum Gasteiger partial charge on any atom is 0.235 e. The molecule has 0 radical (unpaired) electrons. The summed E-state index contributed by atoms with van der Waals surface area (Å²) in [4.78, 5) is 14.9. The van der Waals surface area contributed by atoms with Gasteiger partial charge in [0, 0.05) is 6.04 Å². The Kier molecular flexibility index (Phi) is 6.22. The lowest BCUT2D eigenvalue weighted by molar-refractivity contribution is -0.124. The number of carbonyl (C=O) groups excluding carboxylic acids is 1. The molecule has 1 heterocycles. The highest BCUT2D eigenvalue weighted by molar-refractivity contribution is 5.79. The van der Waals surface area contributed by atoms with Crippen molar-refractivity contribution in [3.63, 3.8) is 0 Å². The predicted octanol–water partition coefficient (Wildman–Crippen LogP) is 3.18. The van der Waals surface area contributed by atoms with Crippen LogP contribution < -0.4 is 14.8 Å². The minimum Gasteiger partial charge on any atom is -0.493 e. The van der Waals surface area contributed by atoms with Crippen LogP contribution in [0.15, 0.2) is 18.2 Å². The molecule has 1 saturated heterocycles. The molecule has 146 valence electrons. The third-order valence-electron chi connectivity index (χ3n) is 5.80. The highest BCUT2D eigenvalue weighted by Gasteiger charge is 2.35. The van der Waals surface area contributed by atoms with E-state index in [-0.39, 0.29) is 11.9 Å². The number of rotatable bonds is 6. The van der Waals surface area contributed by atoms with Gasteiger partial charge in [-0.1, -0.05) is 25.3 Å². The molecule has 0 unspecified atom stereocenters. The zero-order valence-corrected chi connectivity index (χ0v) is 16.3. The first-order chi connectivity index (χ1) is 13.1. The Morgan fingerprint density at radius 1 is 1.22 bits per heavy atom. The number of nitriles is 1. The van der Waals surface area contributed by atoms with E-state index in [1.165, 1.54) is 0 Å². The normalized spacial score (nSPS) is 22.0. The van der Waals surface area contributed by atoms with Gasteiger partial charge >= 0.3 is 0 Å². The number of hydrogen-bond donors (Lipinski definition) is 1. The van der Waals surface area contributed by atoms with Gasteiger partial charge in [0.2, 0.25) is 5.91 Å². The molecule has 1 atom stereocenters. The molecule has 0 spiro atoms. The van der Waals surface area contributed by atoms with Crippen molar-refractivity contribution in [1.82, 2.24) is 10.2 Å². The Labute approximate surface area is 161 Å². The van der Waals surface area contributed by atoms with Crippen LogP contribution in [0.2, 0.25) is 0 Å². The van der Waals surface area contributed by atoms with Gasteiger partial charge in [0.25, 0.3) is 0 Å². The third kappa shape index (κ3) is 4.36. The molecule has 6 heteroatoms. The van der Waals surface area contributed by atoms with E-state index in [9.17, 15) is 10.1 Å². The Balaban J connectivity index is 1.68. The van der Waals surface area contributed by atoms with Crippen LogP contribution in [0.3, 0.4) is 0 Å². The molecule has 27 heavy (non-hydrogen) atoms. The first kappa shape index (κ1) is 19.5. The second-order valence-corrected chi connectivity index (χ2v) is 7.55. The van der Waals surface area contributed by atoms with Gasteiger partial charge in [0.15, 0.2) is 11.5 Å². The molecule has 1 aromatic rings. The summed E-state index contributed by atoms with van der Waals surface area (Å²) in [6.07, 6.45) is 6.73. The van der Waals surface area contributed by atoms with Crippen molar-refractivity contribution in [1.29, 1.82) is 5.26 Å². The van der Waals surface area contributed by atoms with Crippen LogP contribution in [-0.2, 0) is 4.79 Å². The van der Waals surface area contributed by atoms with Crippen molar-refractivity contribution >= 4 is 5.91 Å². The molecule has 1 aliphatic carbocycles. The number of carbonyl (C=O) groups is 1. The minimum absolute atomic E-state index is 0.0502. The van der Waals surface area contributed by atoms with Crippen molar-refractivity contribution in [2.45, 2.75) is 56.5 Å². The largest absolute Gasteiger partial charge is 0.493 e. The van der Waals surface area contributed by atoms with Gasteiger partial charge in [-0.2, -0.15) is 5.26 Å². The number of likely N-dealkylation sites (tertiary alicyclic amines) is 1. The van der Waals surface area contributed by atoms with Gasteiger partial charge in [0.05, 0.1) is 26.8 Å². The second kappa shape index (κ2) is 8.62. The van der Waals surface area contributed by atoms with E-state index in [0.717, 1.165) is 57.1 Å². The van der Waals surface area contributed by atoms with E-state index < -0.39 is 5.54 Å². The molecule has 2 aliphatic rings. The summed E-state index contributed by atoms with van der Waals surface area (Å²) in [6.45, 7) is 1.20. The molecule has 6 nitrogen and oxygen atoms in total. The highest BCUT2D eigenvalue weighted by atomic mass is 16.5. The van der Waals surface area contributed by atoms with Crippen molar-refractivity contribution in [3.8, 4) is 17.6 Å². The highest BCUT2D eigenvalue weighted by Crippen LogP contribution is 2.36. The van der Waals surface area contributed by atoms with Gasteiger partial charge < -0.3 is 14.8 Å². The molecule has 0 aromatic heterocycles. The van der Waals surface area contributed by atoms with Gasteiger partial charge in [-0.05, 0) is 49.9 Å². The zero-order valence-electron chi connectivity index (χ0n) is 16.3. The Morgan fingerprint density at radius 2 is 1.96 bits per heavy atom. The molecule has 0 bridgehead atoms. The van der Waals surface area contributed by atoms with Crippen LogP contribution in [0.5, 0.6) is 11.5 Å². The lowest BCUT2D eigenvalue weighted by atomic mass is 9.83. The van der Waals surface area contributed by atoms with E-state index in [0.29, 0.717) is 18.0 Å². The number of benzene rings is 1. The second-order valence-electron chi connectivity index (χ2n) is 7.55. The summed E-state index contributed by atoms with van der Waals surface area (Å²) >= 11 is 0. The first-order valence-electron chi connectivity index (χ1n) is 9.79. The lowest BCUT2D eigenvalue weighted by Crippen LogP contribution is -2.51. The fourth-order valence-corrected chi connectivity index (χ4v) is 4.36. The van der Waals surface area contributed by atoms with Gasteiger partial charge in [-0.3, -0.25) is 9.69 Å². The monoisotopic (exact) mass is 371 g/mol.